The number of hydrogen-bond donors (Lipinski definition) is 24. The summed E-state index contributed by atoms with van der Waals surface area (Å²) in [4.78, 5) is 219. The van der Waals surface area contributed by atoms with Gasteiger partial charge in [-0.05, 0) is 50.5 Å². The minimum absolute atomic E-state index is 0.0300. The van der Waals surface area contributed by atoms with Gasteiger partial charge in [0, 0.05) is 98.1 Å². The molecule has 0 saturated heterocycles. The van der Waals surface area contributed by atoms with Crippen LogP contribution >= 0.6 is 0 Å². The molecule has 5 heterocycles. The number of carbonyl (C=O) groups excluding carboxylic acids is 11. The number of guanidine groups is 1. The van der Waals surface area contributed by atoms with E-state index in [1.54, 1.807) is 27.7 Å². The van der Waals surface area contributed by atoms with Gasteiger partial charge in [-0.25, -0.2) is 29.7 Å². The van der Waals surface area contributed by atoms with Crippen molar-refractivity contribution < 1.29 is 82.8 Å². The number of carbonyl (C=O) groups is 13. The Hall–Kier alpha value is -11.7. The maximum absolute atomic E-state index is 14.8. The molecule has 28 N–H and O–H groups in total. The standard InChI is InChI=1S/C64H98N26O17/c1-5-33(4)51(62(105)86-44(16-36-22-71-29-77-36)56(99)83-43(15-35-21-70-28-76-35)57(100)87-47(63(106)107)18-38-24-73-31-79-38)90-59(102)45(17-37-23-72-30-78-37)84-58(101)46(19-50(93)94)85-55(98)42(14-34-20-69-27-75-34)82-53(96)40(10-8-12-74-64(67)68)80-60(103)49(26-92)89-54(97)41(13-32(2)3)81-61(104)48(25-91)88-52(95)39(66)9-6-7-11-65/h20-24,27-33,39-49,51,91-92H,5-19,25-26,65-66H2,1-4H3,(H,69,75)(H,70,76)(H,71,77)(H,72,78)(H,73,79)(H,80,103)(H,81,104)(H,82,96)(H,83,99)(H,84,101)(H,85,98)(H,86,105)(H,87,100)(H,88,95)(H,89,97)(H,90,102)(H,93,94)(H,106,107)(H4,67,68,74)/t33-,39-,40-,41-,42-,43-,44-,45-,46-,47-,48-,49-,51-/m0/s1. The van der Waals surface area contributed by atoms with Crippen molar-refractivity contribution in [2.45, 2.75) is 184 Å². The normalized spacial score (nSPS) is 14.9. The molecule has 43 nitrogen and oxygen atoms in total. The molecule has 586 valence electrons. The summed E-state index contributed by atoms with van der Waals surface area (Å²) in [6, 6.07) is -19.1. The van der Waals surface area contributed by atoms with Crippen LogP contribution in [-0.2, 0) is 94.4 Å². The summed E-state index contributed by atoms with van der Waals surface area (Å²) in [5.41, 5.74) is 24.1. The number of carboxylic acids is 2. The van der Waals surface area contributed by atoms with Gasteiger partial charge in [0.15, 0.2) is 5.96 Å². The highest BCUT2D eigenvalue weighted by molar-refractivity contribution is 6.00. The van der Waals surface area contributed by atoms with Crippen LogP contribution in [0.3, 0.4) is 0 Å². The number of nitrogens with zero attached hydrogens (tertiary/aromatic N) is 6. The summed E-state index contributed by atoms with van der Waals surface area (Å²) in [5.74, 6) is -15.8. The lowest BCUT2D eigenvalue weighted by Gasteiger charge is -2.29. The average Bonchev–Trinajstić information content (AvgIpc) is 1.50. The number of aliphatic hydroxyl groups excluding tert-OH is 2. The van der Waals surface area contributed by atoms with Gasteiger partial charge >= 0.3 is 11.9 Å². The molecule has 0 aliphatic carbocycles. The third-order valence-corrected chi connectivity index (χ3v) is 16.7. The summed E-state index contributed by atoms with van der Waals surface area (Å²) < 4.78 is 0. The average molecular weight is 1500 g/mol. The third-order valence-electron chi connectivity index (χ3n) is 16.7. The van der Waals surface area contributed by atoms with E-state index in [0.29, 0.717) is 36.5 Å². The van der Waals surface area contributed by atoms with Gasteiger partial charge in [-0.1, -0.05) is 40.5 Å². The van der Waals surface area contributed by atoms with Crippen molar-refractivity contribution in [3.05, 3.63) is 91.1 Å². The van der Waals surface area contributed by atoms with Crippen LogP contribution in [0.15, 0.2) is 67.6 Å². The van der Waals surface area contributed by atoms with Crippen LogP contribution in [0.2, 0.25) is 0 Å². The number of unbranched alkanes of at least 4 members (excludes halogenated alkanes) is 1. The number of aromatic amines is 5. The maximum atomic E-state index is 14.8. The molecule has 0 aliphatic heterocycles. The van der Waals surface area contributed by atoms with Gasteiger partial charge in [-0.2, -0.15) is 0 Å². The number of H-pyrrole nitrogens is 5. The van der Waals surface area contributed by atoms with E-state index < -0.39 is 188 Å². The molecule has 0 bridgehead atoms. The van der Waals surface area contributed by atoms with Gasteiger partial charge in [-0.3, -0.25) is 62.5 Å². The Morgan fingerprint density at radius 2 is 0.766 bits per heavy atom. The van der Waals surface area contributed by atoms with Crippen LogP contribution in [0.1, 0.15) is 108 Å². The molecule has 0 unspecified atom stereocenters. The number of hydrogen-bond acceptors (Lipinski definition) is 23. The second-order valence-corrected chi connectivity index (χ2v) is 25.7. The Balaban J connectivity index is 1.38. The number of rotatable bonds is 49. The Morgan fingerprint density at radius 3 is 1.14 bits per heavy atom. The molecule has 0 radical (unpaired) electrons. The molecule has 43 heteroatoms. The third kappa shape index (κ3) is 29.4. The number of nitrogens with two attached hydrogens (primary N) is 4. The topological polar surface area (TPSA) is 695 Å². The van der Waals surface area contributed by atoms with Crippen LogP contribution in [0.25, 0.3) is 0 Å². The Morgan fingerprint density at radius 1 is 0.430 bits per heavy atom. The number of nitrogens with one attached hydrogen (secondary N) is 16. The summed E-state index contributed by atoms with van der Waals surface area (Å²) >= 11 is 0. The monoisotopic (exact) mass is 1500 g/mol. The van der Waals surface area contributed by atoms with Gasteiger partial charge in [-0.15, -0.1) is 0 Å². The molecule has 5 aromatic heterocycles. The molecular formula is C64H98N26O17. The van der Waals surface area contributed by atoms with Gasteiger partial charge < -0.3 is 127 Å². The maximum Gasteiger partial charge on any atom is 0.326 e. The highest BCUT2D eigenvalue weighted by Gasteiger charge is 2.39. The number of carboxylic acid groups (broad SMARTS) is 2. The molecule has 11 amide bonds. The van der Waals surface area contributed by atoms with Crippen LogP contribution in [0, 0.1) is 11.8 Å². The predicted molar refractivity (Wildman–Crippen MR) is 376 cm³/mol. The van der Waals surface area contributed by atoms with Crippen LogP contribution in [-0.4, -0.2) is 252 Å². The zero-order valence-corrected chi connectivity index (χ0v) is 59.5. The lowest BCUT2D eigenvalue weighted by molar-refractivity contribution is -0.142. The molecule has 0 saturated carbocycles. The van der Waals surface area contributed by atoms with Crippen molar-refractivity contribution in [3.63, 3.8) is 0 Å². The molecule has 13 atom stereocenters. The first kappa shape index (κ1) is 85.9. The lowest BCUT2D eigenvalue weighted by atomic mass is 9.96. The molecule has 0 spiro atoms. The van der Waals surface area contributed by atoms with Gasteiger partial charge in [0.05, 0.1) is 57.3 Å². The van der Waals surface area contributed by atoms with Crippen molar-refractivity contribution in [2.75, 3.05) is 26.3 Å². The first-order valence-electron chi connectivity index (χ1n) is 34.4. The van der Waals surface area contributed by atoms with E-state index in [2.05, 4.69) is 113 Å². The molecule has 0 fully saturated rings. The highest BCUT2D eigenvalue weighted by Crippen LogP contribution is 2.15. The van der Waals surface area contributed by atoms with Crippen LogP contribution in [0.5, 0.6) is 0 Å². The Kier molecular flexibility index (Phi) is 35.5. The van der Waals surface area contributed by atoms with Crippen molar-refractivity contribution in [1.29, 1.82) is 0 Å². The van der Waals surface area contributed by atoms with Crippen molar-refractivity contribution in [3.8, 4) is 0 Å². The summed E-state index contributed by atoms with van der Waals surface area (Å²) in [6.07, 6.45) is 11.6. The molecule has 0 aromatic carbocycles. The molecule has 5 aromatic rings. The minimum atomic E-state index is -2.05. The van der Waals surface area contributed by atoms with Crippen LogP contribution < -0.4 is 81.4 Å². The largest absolute Gasteiger partial charge is 0.481 e. The minimum Gasteiger partial charge on any atom is -0.481 e. The zero-order valence-electron chi connectivity index (χ0n) is 59.5. The first-order valence-corrected chi connectivity index (χ1v) is 34.4. The molecule has 107 heavy (non-hydrogen) atoms. The Labute approximate surface area is 612 Å². The zero-order chi connectivity index (χ0) is 78.7. The number of aliphatic hydroxyl groups is 2. The number of aliphatic carboxylic acids is 2. The van der Waals surface area contributed by atoms with Gasteiger partial charge in [0.2, 0.25) is 65.0 Å². The smallest absolute Gasteiger partial charge is 0.326 e. The SMILES string of the molecule is CC[C@H](C)[C@H](NC(=O)[C@H](Cc1cnc[nH]1)NC(=O)[C@H](CC(=O)O)NC(=O)[C@H](Cc1cnc[nH]1)NC(=O)[C@H](CCCN=C(N)N)NC(=O)[C@H](CO)NC(=O)[C@H](CC(C)C)NC(=O)[C@H](CO)NC(=O)[C@@H](N)CCCCN)C(=O)N[C@@H](Cc1cnc[nH]1)C(=O)N[C@@H](Cc1cnc[nH]1)C(=O)N[C@@H](Cc1cnc[nH]1)C(=O)O. The number of aliphatic imine (C=N–C) groups is 1. The van der Waals surface area contributed by atoms with Crippen molar-refractivity contribution in [1.82, 2.24) is 108 Å². The second kappa shape index (κ2) is 44.2. The summed E-state index contributed by atoms with van der Waals surface area (Å²) in [6.45, 7) is 4.96. The van der Waals surface area contributed by atoms with E-state index in [0.717, 1.165) is 0 Å². The number of amides is 11. The Bertz CT molecular complexity index is 3690. The van der Waals surface area contributed by atoms with Crippen LogP contribution in [0.4, 0.5) is 0 Å². The second-order valence-electron chi connectivity index (χ2n) is 25.7. The number of imidazole rings is 5. The molecule has 0 aliphatic rings. The van der Waals surface area contributed by atoms with E-state index in [1.165, 1.54) is 62.6 Å². The summed E-state index contributed by atoms with van der Waals surface area (Å²) in [5, 5.41) is 68.1. The van der Waals surface area contributed by atoms with E-state index >= 15 is 0 Å². The van der Waals surface area contributed by atoms with E-state index in [4.69, 9.17) is 22.9 Å². The van der Waals surface area contributed by atoms with Gasteiger partial charge in [0.25, 0.3) is 0 Å². The predicted octanol–water partition coefficient (Wildman–Crippen LogP) is -7.71. The van der Waals surface area contributed by atoms with E-state index in [9.17, 15) is 82.8 Å². The van der Waals surface area contributed by atoms with E-state index in [-0.39, 0.29) is 81.2 Å². The lowest BCUT2D eigenvalue weighted by Crippen LogP contribution is -2.62. The quantitative estimate of drug-likeness (QED) is 0.00977. The van der Waals surface area contributed by atoms with E-state index in [1.807, 2.05) is 0 Å². The van der Waals surface area contributed by atoms with Crippen molar-refractivity contribution >= 4 is 82.9 Å². The van der Waals surface area contributed by atoms with Crippen molar-refractivity contribution in [2.24, 2.45) is 39.8 Å². The first-order chi connectivity index (χ1) is 51.0. The van der Waals surface area contributed by atoms with Gasteiger partial charge in [0.1, 0.15) is 66.5 Å². The molecular weight excluding hydrogens is 1400 g/mol. The molecule has 5 rings (SSSR count). The fraction of sp³-hybridized carbons (Fsp3) is 0.547. The fourth-order valence-electron chi connectivity index (χ4n) is 10.7. The highest BCUT2D eigenvalue weighted by atomic mass is 16.4. The fourth-order valence-corrected chi connectivity index (χ4v) is 10.7. The number of aromatic nitrogens is 10. The summed E-state index contributed by atoms with van der Waals surface area (Å²) in [7, 11) is 0.